The van der Waals surface area contributed by atoms with Gasteiger partial charge < -0.3 is 10.1 Å². The number of benzene rings is 2. The number of thiocarbonyl (C=S) groups is 1. The van der Waals surface area contributed by atoms with Crippen LogP contribution >= 0.6 is 12.2 Å². The number of methoxy groups -OCH3 is 1. The summed E-state index contributed by atoms with van der Waals surface area (Å²) in [7, 11) is 1.27. The molecule has 0 aromatic heterocycles. The van der Waals surface area contributed by atoms with Crippen LogP contribution in [0.15, 0.2) is 59.8 Å². The average molecular weight is 402 g/mol. The predicted molar refractivity (Wildman–Crippen MR) is 108 cm³/mol. The van der Waals surface area contributed by atoms with Crippen molar-refractivity contribution in [3.8, 4) is 0 Å². The number of nitrogens with one attached hydrogen (secondary N) is 1. The molecule has 3 rings (SSSR count). The molecule has 7 heteroatoms. The molecule has 2 aromatic carbocycles. The van der Waals surface area contributed by atoms with Crippen LogP contribution in [0.3, 0.4) is 0 Å². The van der Waals surface area contributed by atoms with E-state index in [9.17, 15) is 13.6 Å². The maximum atomic E-state index is 14.5. The highest BCUT2D eigenvalue weighted by Gasteiger charge is 2.37. The number of hydrogen-bond donors (Lipinski definition) is 1. The number of hydrogen-bond acceptors (Lipinski definition) is 3. The molecule has 0 bridgehead atoms. The molecule has 0 amide bonds. The maximum absolute atomic E-state index is 14.5. The number of anilines is 1. The quantitative estimate of drug-likeness (QED) is 0.584. The summed E-state index contributed by atoms with van der Waals surface area (Å²) in [5.41, 5.74) is 1.80. The second kappa shape index (κ2) is 8.48. The molecule has 1 atom stereocenters. The number of nitrogens with zero attached hydrogens (tertiary/aromatic N) is 1. The molecule has 28 heavy (non-hydrogen) atoms. The number of carbonyl (C=O) groups is 1. The average Bonchev–Trinajstić information content (AvgIpc) is 2.68. The first-order chi connectivity index (χ1) is 13.5. The Morgan fingerprint density at radius 3 is 2.54 bits per heavy atom. The Kier molecular flexibility index (Phi) is 6.04. The minimum atomic E-state index is -0.873. The standard InChI is InChI=1S/C21H20F2N2O2S/c1-3-7-17-18(20(26)27-2)19(15-11-10-13(22)12-16(15)23)24-21(28)25(17)14-8-5-4-6-9-14/h4-6,8-12,19H,3,7H2,1-2H3,(H,24,28)/t19-/m0/s1. The minimum absolute atomic E-state index is 0.130. The number of halogens is 2. The van der Waals surface area contributed by atoms with Gasteiger partial charge in [-0.05, 0) is 36.8 Å². The van der Waals surface area contributed by atoms with E-state index in [1.807, 2.05) is 37.3 Å². The molecule has 4 nitrogen and oxygen atoms in total. The largest absolute Gasteiger partial charge is 0.466 e. The third-order valence-corrected chi connectivity index (χ3v) is 4.82. The van der Waals surface area contributed by atoms with E-state index in [4.69, 9.17) is 17.0 Å². The van der Waals surface area contributed by atoms with E-state index in [0.29, 0.717) is 17.2 Å². The van der Waals surface area contributed by atoms with Crippen molar-refractivity contribution in [3.05, 3.63) is 77.0 Å². The molecule has 0 saturated heterocycles. The number of esters is 1. The van der Waals surface area contributed by atoms with Crippen LogP contribution in [0.4, 0.5) is 14.5 Å². The molecule has 1 N–H and O–H groups in total. The Morgan fingerprint density at radius 1 is 1.21 bits per heavy atom. The lowest BCUT2D eigenvalue weighted by atomic mass is 9.92. The van der Waals surface area contributed by atoms with E-state index in [0.717, 1.165) is 24.2 Å². The molecule has 1 aliphatic rings. The van der Waals surface area contributed by atoms with E-state index < -0.39 is 23.6 Å². The number of ether oxygens (including phenoxy) is 1. The molecule has 1 heterocycles. The molecule has 146 valence electrons. The maximum Gasteiger partial charge on any atom is 0.338 e. The predicted octanol–water partition coefficient (Wildman–Crippen LogP) is 4.63. The van der Waals surface area contributed by atoms with E-state index in [2.05, 4.69) is 5.32 Å². The van der Waals surface area contributed by atoms with Gasteiger partial charge >= 0.3 is 5.97 Å². The molecule has 2 aromatic rings. The molecule has 0 spiro atoms. The highest BCUT2D eigenvalue weighted by atomic mass is 32.1. The summed E-state index contributed by atoms with van der Waals surface area (Å²) in [6.07, 6.45) is 1.26. The Morgan fingerprint density at radius 2 is 1.93 bits per heavy atom. The minimum Gasteiger partial charge on any atom is -0.466 e. The zero-order valence-corrected chi connectivity index (χ0v) is 16.4. The lowest BCUT2D eigenvalue weighted by Gasteiger charge is -2.38. The number of allylic oxidation sites excluding steroid dienone is 1. The van der Waals surface area contributed by atoms with Crippen molar-refractivity contribution >= 4 is 29.0 Å². The summed E-state index contributed by atoms with van der Waals surface area (Å²) in [6.45, 7) is 1.98. The number of rotatable bonds is 5. The van der Waals surface area contributed by atoms with Gasteiger partial charge in [-0.2, -0.15) is 0 Å². The fourth-order valence-corrected chi connectivity index (χ4v) is 3.65. The number of para-hydroxylation sites is 1. The lowest BCUT2D eigenvalue weighted by Crippen LogP contribution is -2.48. The SMILES string of the molecule is CCCC1=C(C(=O)OC)[C@H](c2ccc(F)cc2F)NC(=S)N1c1ccccc1. The van der Waals surface area contributed by atoms with Crippen LogP contribution in [-0.4, -0.2) is 18.2 Å². The highest BCUT2D eigenvalue weighted by Crippen LogP contribution is 2.37. The van der Waals surface area contributed by atoms with Crippen LogP contribution in [0.25, 0.3) is 0 Å². The molecule has 0 fully saturated rings. The van der Waals surface area contributed by atoms with Crippen molar-refractivity contribution < 1.29 is 18.3 Å². The summed E-state index contributed by atoms with van der Waals surface area (Å²) in [5.74, 6) is -2.04. The van der Waals surface area contributed by atoms with Crippen molar-refractivity contribution in [1.29, 1.82) is 0 Å². The van der Waals surface area contributed by atoms with Crippen LogP contribution in [0.5, 0.6) is 0 Å². The van der Waals surface area contributed by atoms with Gasteiger partial charge in [-0.15, -0.1) is 0 Å². The van der Waals surface area contributed by atoms with E-state index in [1.54, 1.807) is 4.90 Å². The zero-order chi connectivity index (χ0) is 20.3. The van der Waals surface area contributed by atoms with Gasteiger partial charge in [-0.25, -0.2) is 13.6 Å². The Hall–Kier alpha value is -2.80. The fraction of sp³-hybridized carbons (Fsp3) is 0.238. The Balaban J connectivity index is 2.23. The van der Waals surface area contributed by atoms with Gasteiger partial charge in [0.05, 0.1) is 18.7 Å². The third kappa shape index (κ3) is 3.75. The van der Waals surface area contributed by atoms with Gasteiger partial charge in [0, 0.05) is 23.0 Å². The first-order valence-electron chi connectivity index (χ1n) is 8.89. The van der Waals surface area contributed by atoms with Gasteiger partial charge in [0.1, 0.15) is 11.6 Å². The van der Waals surface area contributed by atoms with Crippen molar-refractivity contribution in [1.82, 2.24) is 5.32 Å². The molecule has 1 aliphatic heterocycles. The van der Waals surface area contributed by atoms with E-state index >= 15 is 0 Å². The van der Waals surface area contributed by atoms with Crippen molar-refractivity contribution in [2.24, 2.45) is 0 Å². The van der Waals surface area contributed by atoms with Crippen LogP contribution in [-0.2, 0) is 9.53 Å². The number of carbonyl (C=O) groups excluding carboxylic acids is 1. The topological polar surface area (TPSA) is 41.6 Å². The van der Waals surface area contributed by atoms with Crippen LogP contribution in [0, 0.1) is 11.6 Å². The normalized spacial score (nSPS) is 16.8. The van der Waals surface area contributed by atoms with Crippen LogP contribution in [0.1, 0.15) is 31.4 Å². The van der Waals surface area contributed by atoms with Crippen molar-refractivity contribution in [2.75, 3.05) is 12.0 Å². The van der Waals surface area contributed by atoms with Gasteiger partial charge in [-0.3, -0.25) is 4.90 Å². The summed E-state index contributed by atoms with van der Waals surface area (Å²) < 4.78 is 32.9. The van der Waals surface area contributed by atoms with Crippen molar-refractivity contribution in [3.63, 3.8) is 0 Å². The van der Waals surface area contributed by atoms with E-state index in [1.165, 1.54) is 13.2 Å². The first-order valence-corrected chi connectivity index (χ1v) is 9.30. The molecular weight excluding hydrogens is 382 g/mol. The van der Waals surface area contributed by atoms with Crippen LogP contribution < -0.4 is 10.2 Å². The Labute approximate surface area is 167 Å². The monoisotopic (exact) mass is 402 g/mol. The van der Waals surface area contributed by atoms with Crippen LogP contribution in [0.2, 0.25) is 0 Å². The Bertz CT molecular complexity index is 931. The molecule has 0 saturated carbocycles. The molecular formula is C21H20F2N2O2S. The van der Waals surface area contributed by atoms with Gasteiger partial charge in [-0.1, -0.05) is 37.6 Å². The smallest absolute Gasteiger partial charge is 0.338 e. The lowest BCUT2D eigenvalue weighted by molar-refractivity contribution is -0.136. The van der Waals surface area contributed by atoms with E-state index in [-0.39, 0.29) is 11.1 Å². The van der Waals surface area contributed by atoms with Gasteiger partial charge in [0.2, 0.25) is 0 Å². The van der Waals surface area contributed by atoms with Gasteiger partial charge in [0.15, 0.2) is 5.11 Å². The molecule has 0 unspecified atom stereocenters. The summed E-state index contributed by atoms with van der Waals surface area (Å²) in [4.78, 5) is 14.5. The summed E-state index contributed by atoms with van der Waals surface area (Å²) >= 11 is 5.55. The fourth-order valence-electron chi connectivity index (χ4n) is 3.32. The first kappa shape index (κ1) is 19.9. The zero-order valence-electron chi connectivity index (χ0n) is 15.5. The second-order valence-electron chi connectivity index (χ2n) is 6.32. The third-order valence-electron chi connectivity index (χ3n) is 4.52. The second-order valence-corrected chi connectivity index (χ2v) is 6.71. The van der Waals surface area contributed by atoms with Crippen molar-refractivity contribution in [2.45, 2.75) is 25.8 Å². The molecule has 0 aliphatic carbocycles. The summed E-state index contributed by atoms with van der Waals surface area (Å²) in [6, 6.07) is 11.7. The molecule has 0 radical (unpaired) electrons. The van der Waals surface area contributed by atoms with Gasteiger partial charge in [0.25, 0.3) is 0 Å². The highest BCUT2D eigenvalue weighted by molar-refractivity contribution is 7.80. The summed E-state index contributed by atoms with van der Waals surface area (Å²) in [5, 5.41) is 3.36.